The average Bonchev–Trinajstić information content (AvgIpc) is 3.01. The summed E-state index contributed by atoms with van der Waals surface area (Å²) in [6.45, 7) is 2.18. The van der Waals surface area contributed by atoms with Gasteiger partial charge in [0.15, 0.2) is 0 Å². The first-order valence-electron chi connectivity index (χ1n) is 7.66. The van der Waals surface area contributed by atoms with Gasteiger partial charge in [-0.25, -0.2) is 0 Å². The molecule has 114 valence electrons. The van der Waals surface area contributed by atoms with Gasteiger partial charge in [-0.15, -0.1) is 0 Å². The van der Waals surface area contributed by atoms with Gasteiger partial charge >= 0.3 is 0 Å². The van der Waals surface area contributed by atoms with Crippen molar-refractivity contribution < 1.29 is 9.84 Å². The van der Waals surface area contributed by atoms with E-state index in [2.05, 4.69) is 29.2 Å². The van der Waals surface area contributed by atoms with Crippen LogP contribution < -0.4 is 0 Å². The van der Waals surface area contributed by atoms with Gasteiger partial charge in [-0.3, -0.25) is 4.98 Å². The van der Waals surface area contributed by atoms with Gasteiger partial charge in [-0.05, 0) is 18.1 Å². The van der Waals surface area contributed by atoms with E-state index in [1.54, 1.807) is 6.92 Å². The van der Waals surface area contributed by atoms with Crippen molar-refractivity contribution in [2.75, 3.05) is 0 Å². The number of aryl methyl sites for hydroxylation is 1. The fourth-order valence-corrected chi connectivity index (χ4v) is 3.34. The highest BCUT2D eigenvalue weighted by Gasteiger charge is 2.45. The summed E-state index contributed by atoms with van der Waals surface area (Å²) in [5.74, 6) is 0.233. The topological polar surface area (TPSA) is 42.4 Å². The zero-order valence-corrected chi connectivity index (χ0v) is 12.9. The highest BCUT2D eigenvalue weighted by atomic mass is 16.5. The van der Waals surface area contributed by atoms with E-state index < -0.39 is 5.60 Å². The Morgan fingerprint density at radius 2 is 1.52 bits per heavy atom. The molecule has 0 aliphatic carbocycles. The minimum Gasteiger partial charge on any atom is -0.506 e. The molecule has 0 saturated heterocycles. The van der Waals surface area contributed by atoms with E-state index in [1.807, 2.05) is 42.6 Å². The maximum absolute atomic E-state index is 10.4. The van der Waals surface area contributed by atoms with Crippen molar-refractivity contribution in [1.82, 2.24) is 4.98 Å². The Morgan fingerprint density at radius 3 is 2.09 bits per heavy atom. The predicted octanol–water partition coefficient (Wildman–Crippen LogP) is 3.92. The third kappa shape index (κ3) is 1.97. The summed E-state index contributed by atoms with van der Waals surface area (Å²) in [7, 11) is 0. The molecule has 1 aliphatic rings. The van der Waals surface area contributed by atoms with Crippen LogP contribution >= 0.6 is 0 Å². The number of benzene rings is 2. The maximum atomic E-state index is 10.4. The minimum absolute atomic E-state index is 0.233. The van der Waals surface area contributed by atoms with E-state index in [0.29, 0.717) is 12.3 Å². The first kappa shape index (κ1) is 14.0. The number of fused-ring (bicyclic) bond motifs is 1. The standard InChI is InChI=1S/C20H17NO2/c1-14-19(22)17-13-23-20(18(17)12-21-14,15-8-4-2-5-9-15)16-10-6-3-7-11-16/h2-12,22H,13H2,1H3. The summed E-state index contributed by atoms with van der Waals surface area (Å²) >= 11 is 0. The molecule has 1 N–H and O–H groups in total. The van der Waals surface area contributed by atoms with E-state index in [0.717, 1.165) is 22.3 Å². The molecular weight excluding hydrogens is 286 g/mol. The lowest BCUT2D eigenvalue weighted by molar-refractivity contribution is 0.0263. The van der Waals surface area contributed by atoms with Gasteiger partial charge in [0.2, 0.25) is 0 Å². The van der Waals surface area contributed by atoms with Gasteiger partial charge in [0.1, 0.15) is 11.4 Å². The zero-order valence-electron chi connectivity index (χ0n) is 12.9. The van der Waals surface area contributed by atoms with Crippen LogP contribution in [0, 0.1) is 6.92 Å². The SMILES string of the molecule is Cc1ncc2c(c1O)COC2(c1ccccc1)c1ccccc1. The van der Waals surface area contributed by atoms with Crippen LogP contribution in [0.15, 0.2) is 66.9 Å². The van der Waals surface area contributed by atoms with Crippen LogP contribution in [-0.4, -0.2) is 10.1 Å². The number of ether oxygens (including phenoxy) is 1. The Kier molecular flexibility index (Phi) is 3.17. The summed E-state index contributed by atoms with van der Waals surface area (Å²) < 4.78 is 6.32. The molecule has 0 radical (unpaired) electrons. The van der Waals surface area contributed by atoms with E-state index in [4.69, 9.17) is 4.74 Å². The molecule has 2 aromatic carbocycles. The average molecular weight is 303 g/mol. The molecule has 1 aromatic heterocycles. The quantitative estimate of drug-likeness (QED) is 0.780. The fourth-order valence-electron chi connectivity index (χ4n) is 3.34. The third-order valence-electron chi connectivity index (χ3n) is 4.51. The van der Waals surface area contributed by atoms with Gasteiger partial charge in [-0.2, -0.15) is 0 Å². The molecule has 0 bridgehead atoms. The number of rotatable bonds is 2. The van der Waals surface area contributed by atoms with Crippen molar-refractivity contribution >= 4 is 0 Å². The van der Waals surface area contributed by atoms with Crippen LogP contribution in [0.25, 0.3) is 0 Å². The summed E-state index contributed by atoms with van der Waals surface area (Å²) in [4.78, 5) is 4.37. The monoisotopic (exact) mass is 303 g/mol. The van der Waals surface area contributed by atoms with E-state index in [1.165, 1.54) is 0 Å². The lowest BCUT2D eigenvalue weighted by atomic mass is 9.80. The number of pyridine rings is 1. The Balaban J connectivity index is 2.04. The molecule has 0 fully saturated rings. The molecule has 2 heterocycles. The number of hydrogen-bond donors (Lipinski definition) is 1. The molecule has 3 heteroatoms. The van der Waals surface area contributed by atoms with Gasteiger partial charge in [0.25, 0.3) is 0 Å². The molecule has 0 unspecified atom stereocenters. The van der Waals surface area contributed by atoms with Gasteiger partial charge < -0.3 is 9.84 Å². The number of hydrogen-bond acceptors (Lipinski definition) is 3. The second-order valence-corrected chi connectivity index (χ2v) is 5.79. The van der Waals surface area contributed by atoms with Crippen molar-refractivity contribution in [2.24, 2.45) is 0 Å². The molecular formula is C20H17NO2. The minimum atomic E-state index is -0.726. The molecule has 23 heavy (non-hydrogen) atoms. The molecule has 0 spiro atoms. The van der Waals surface area contributed by atoms with Crippen molar-refractivity contribution in [3.8, 4) is 5.75 Å². The Bertz CT molecular complexity index is 805. The van der Waals surface area contributed by atoms with Crippen LogP contribution in [0.5, 0.6) is 5.75 Å². The Hall–Kier alpha value is -2.65. The smallest absolute Gasteiger partial charge is 0.146 e. The first-order chi connectivity index (χ1) is 11.2. The van der Waals surface area contributed by atoms with Crippen LogP contribution in [0.1, 0.15) is 27.9 Å². The van der Waals surface area contributed by atoms with Gasteiger partial charge in [0.05, 0.1) is 12.3 Å². The zero-order chi connectivity index (χ0) is 15.9. The largest absolute Gasteiger partial charge is 0.506 e. The lowest BCUT2D eigenvalue weighted by Crippen LogP contribution is -2.28. The third-order valence-corrected chi connectivity index (χ3v) is 4.51. The Labute approximate surface area is 135 Å². The molecule has 4 rings (SSSR count). The highest BCUT2D eigenvalue weighted by molar-refractivity contribution is 5.55. The maximum Gasteiger partial charge on any atom is 0.146 e. The lowest BCUT2D eigenvalue weighted by Gasteiger charge is -2.30. The van der Waals surface area contributed by atoms with E-state index in [-0.39, 0.29) is 5.75 Å². The number of aromatic hydroxyl groups is 1. The highest BCUT2D eigenvalue weighted by Crippen LogP contribution is 2.49. The predicted molar refractivity (Wildman–Crippen MR) is 88.2 cm³/mol. The van der Waals surface area contributed by atoms with Gasteiger partial charge in [0, 0.05) is 17.3 Å². The molecule has 3 aromatic rings. The molecule has 0 saturated carbocycles. The second-order valence-electron chi connectivity index (χ2n) is 5.79. The van der Waals surface area contributed by atoms with E-state index >= 15 is 0 Å². The summed E-state index contributed by atoms with van der Waals surface area (Å²) in [5, 5.41) is 10.4. The van der Waals surface area contributed by atoms with Crippen molar-refractivity contribution in [2.45, 2.75) is 19.1 Å². The van der Waals surface area contributed by atoms with Crippen molar-refractivity contribution in [1.29, 1.82) is 0 Å². The summed E-state index contributed by atoms with van der Waals surface area (Å²) in [6, 6.07) is 20.2. The van der Waals surface area contributed by atoms with E-state index in [9.17, 15) is 5.11 Å². The number of nitrogens with zero attached hydrogens (tertiary/aromatic N) is 1. The molecule has 0 amide bonds. The van der Waals surface area contributed by atoms with Crippen LogP contribution in [0.2, 0.25) is 0 Å². The molecule has 0 atom stereocenters. The molecule has 3 nitrogen and oxygen atoms in total. The van der Waals surface area contributed by atoms with Crippen LogP contribution in [-0.2, 0) is 16.9 Å². The fraction of sp³-hybridized carbons (Fsp3) is 0.150. The van der Waals surface area contributed by atoms with Crippen LogP contribution in [0.4, 0.5) is 0 Å². The first-order valence-corrected chi connectivity index (χ1v) is 7.66. The second kappa shape index (κ2) is 5.21. The van der Waals surface area contributed by atoms with Crippen LogP contribution in [0.3, 0.4) is 0 Å². The number of aromatic nitrogens is 1. The molecule has 1 aliphatic heterocycles. The summed E-state index contributed by atoms with van der Waals surface area (Å²) in [5.41, 5.74) is 3.72. The Morgan fingerprint density at radius 1 is 0.957 bits per heavy atom. The summed E-state index contributed by atoms with van der Waals surface area (Å²) in [6.07, 6.45) is 1.83. The van der Waals surface area contributed by atoms with Crippen molar-refractivity contribution in [3.63, 3.8) is 0 Å². The van der Waals surface area contributed by atoms with Crippen molar-refractivity contribution in [3.05, 3.63) is 94.8 Å². The normalized spacial score (nSPS) is 15.3. The van der Waals surface area contributed by atoms with Gasteiger partial charge in [-0.1, -0.05) is 60.7 Å².